The SMILES string of the molecule is CC[C@@H]1C[C@H]1C#CC#Cc1ccc(C(=O)N[C@H](C(=O)OC)C(C)(C)NC(=O)OC(C)(C)C)cc1. The van der Waals surface area contributed by atoms with Crippen LogP contribution in [0.1, 0.15) is 70.3 Å². The van der Waals surface area contributed by atoms with E-state index in [0.29, 0.717) is 17.4 Å². The highest BCUT2D eigenvalue weighted by molar-refractivity contribution is 5.97. The van der Waals surface area contributed by atoms with Gasteiger partial charge in [-0.05, 0) is 83.1 Å². The molecule has 0 spiro atoms. The lowest BCUT2D eigenvalue weighted by Crippen LogP contribution is -2.62. The monoisotopic (exact) mass is 466 g/mol. The summed E-state index contributed by atoms with van der Waals surface area (Å²) < 4.78 is 10.1. The highest BCUT2D eigenvalue weighted by Gasteiger charge is 2.40. The van der Waals surface area contributed by atoms with Crippen LogP contribution >= 0.6 is 0 Å². The molecule has 0 radical (unpaired) electrons. The minimum absolute atomic E-state index is 0.336. The van der Waals surface area contributed by atoms with E-state index in [1.54, 1.807) is 58.9 Å². The molecule has 2 N–H and O–H groups in total. The molecule has 1 aliphatic rings. The molecule has 34 heavy (non-hydrogen) atoms. The van der Waals surface area contributed by atoms with Gasteiger partial charge in [-0.1, -0.05) is 25.2 Å². The predicted molar refractivity (Wildman–Crippen MR) is 130 cm³/mol. The van der Waals surface area contributed by atoms with Gasteiger partial charge >= 0.3 is 12.1 Å². The summed E-state index contributed by atoms with van der Waals surface area (Å²) in [6, 6.07) is 5.51. The minimum atomic E-state index is -1.19. The van der Waals surface area contributed by atoms with E-state index in [-0.39, 0.29) is 0 Å². The van der Waals surface area contributed by atoms with Crippen molar-refractivity contribution in [2.24, 2.45) is 11.8 Å². The Morgan fingerprint density at radius 2 is 1.74 bits per heavy atom. The summed E-state index contributed by atoms with van der Waals surface area (Å²) in [6.45, 7) is 10.6. The zero-order valence-electron chi connectivity index (χ0n) is 21.0. The third kappa shape index (κ3) is 8.15. The number of benzene rings is 1. The fourth-order valence-electron chi connectivity index (χ4n) is 3.32. The van der Waals surface area contributed by atoms with Gasteiger partial charge in [0.2, 0.25) is 0 Å². The van der Waals surface area contributed by atoms with Crippen molar-refractivity contribution < 1.29 is 23.9 Å². The fourth-order valence-corrected chi connectivity index (χ4v) is 3.32. The standard InChI is InChI=1S/C27H34N2O5/c1-8-19-17-21(19)12-10-9-11-18-13-15-20(16-14-18)23(30)28-22(24(31)33-7)27(5,6)29-25(32)34-26(2,3)4/h13-16,19,21-22H,8,17H2,1-7H3,(H,28,30)(H,29,32)/t19-,21-,22-/m1/s1. The molecule has 1 aromatic rings. The number of alkyl carbamates (subject to hydrolysis) is 1. The van der Waals surface area contributed by atoms with Gasteiger partial charge in [0, 0.05) is 17.0 Å². The van der Waals surface area contributed by atoms with Crippen LogP contribution in [-0.2, 0) is 14.3 Å². The van der Waals surface area contributed by atoms with Crippen LogP contribution in [0.25, 0.3) is 0 Å². The molecule has 3 atom stereocenters. The van der Waals surface area contributed by atoms with Gasteiger partial charge in [0.25, 0.3) is 5.91 Å². The van der Waals surface area contributed by atoms with Crippen molar-refractivity contribution in [3.63, 3.8) is 0 Å². The Hall–Kier alpha value is -3.45. The van der Waals surface area contributed by atoms with Crippen LogP contribution in [0.2, 0.25) is 0 Å². The van der Waals surface area contributed by atoms with Crippen molar-refractivity contribution >= 4 is 18.0 Å². The highest BCUT2D eigenvalue weighted by atomic mass is 16.6. The normalized spacial score (nSPS) is 17.6. The summed E-state index contributed by atoms with van der Waals surface area (Å²) in [7, 11) is 1.22. The van der Waals surface area contributed by atoms with Gasteiger partial charge in [-0.2, -0.15) is 0 Å². The van der Waals surface area contributed by atoms with Gasteiger partial charge in [0.1, 0.15) is 11.6 Å². The number of hydrogen-bond acceptors (Lipinski definition) is 5. The Labute approximate surface area is 202 Å². The topological polar surface area (TPSA) is 93.7 Å². The molecule has 0 aliphatic heterocycles. The zero-order valence-corrected chi connectivity index (χ0v) is 21.0. The lowest BCUT2D eigenvalue weighted by atomic mass is 9.94. The van der Waals surface area contributed by atoms with Crippen LogP contribution in [-0.4, -0.2) is 42.3 Å². The average molecular weight is 467 g/mol. The average Bonchev–Trinajstić information content (AvgIpc) is 3.51. The van der Waals surface area contributed by atoms with Gasteiger partial charge in [0.15, 0.2) is 0 Å². The maximum absolute atomic E-state index is 12.8. The van der Waals surface area contributed by atoms with Crippen LogP contribution in [0.15, 0.2) is 24.3 Å². The number of ether oxygens (including phenoxy) is 2. The summed E-state index contributed by atoms with van der Waals surface area (Å²) >= 11 is 0. The van der Waals surface area contributed by atoms with Crippen molar-refractivity contribution in [2.75, 3.05) is 7.11 Å². The first-order valence-corrected chi connectivity index (χ1v) is 11.4. The molecule has 2 rings (SSSR count). The molecule has 1 aromatic carbocycles. The number of rotatable bonds is 6. The van der Waals surface area contributed by atoms with Gasteiger partial charge in [-0.25, -0.2) is 9.59 Å². The van der Waals surface area contributed by atoms with E-state index in [1.165, 1.54) is 7.11 Å². The highest BCUT2D eigenvalue weighted by Crippen LogP contribution is 2.40. The molecule has 182 valence electrons. The Kier molecular flexibility index (Phi) is 8.76. The molecule has 1 fully saturated rings. The van der Waals surface area contributed by atoms with Crippen LogP contribution in [0, 0.1) is 35.5 Å². The molecule has 0 bridgehead atoms. The molecule has 0 unspecified atom stereocenters. The zero-order chi connectivity index (χ0) is 25.5. The summed E-state index contributed by atoms with van der Waals surface area (Å²) in [5.74, 6) is 11.9. The molecule has 7 heteroatoms. The lowest BCUT2D eigenvalue weighted by molar-refractivity contribution is -0.144. The van der Waals surface area contributed by atoms with E-state index in [4.69, 9.17) is 9.47 Å². The van der Waals surface area contributed by atoms with Crippen molar-refractivity contribution in [3.05, 3.63) is 35.4 Å². The molecule has 7 nitrogen and oxygen atoms in total. The Balaban J connectivity index is 2.06. The Morgan fingerprint density at radius 3 is 2.26 bits per heavy atom. The molecular weight excluding hydrogens is 432 g/mol. The number of esters is 1. The molecule has 0 heterocycles. The summed E-state index contributed by atoms with van der Waals surface area (Å²) in [4.78, 5) is 37.5. The van der Waals surface area contributed by atoms with Gasteiger partial charge in [-0.15, -0.1) is 0 Å². The molecule has 1 aliphatic carbocycles. The number of carbonyl (C=O) groups excluding carboxylic acids is 3. The van der Waals surface area contributed by atoms with E-state index in [0.717, 1.165) is 18.4 Å². The van der Waals surface area contributed by atoms with Gasteiger partial charge < -0.3 is 20.1 Å². The fraction of sp³-hybridized carbons (Fsp3) is 0.519. The minimum Gasteiger partial charge on any atom is -0.467 e. The largest absolute Gasteiger partial charge is 0.467 e. The Morgan fingerprint density at radius 1 is 1.09 bits per heavy atom. The third-order valence-corrected chi connectivity index (χ3v) is 5.38. The number of hydrogen-bond donors (Lipinski definition) is 2. The number of amides is 2. The smallest absolute Gasteiger partial charge is 0.408 e. The summed E-state index contributed by atoms with van der Waals surface area (Å²) in [6.07, 6.45) is 1.60. The second-order valence-corrected chi connectivity index (χ2v) is 9.89. The van der Waals surface area contributed by atoms with E-state index in [2.05, 4.69) is 41.2 Å². The second-order valence-electron chi connectivity index (χ2n) is 9.89. The van der Waals surface area contributed by atoms with Crippen molar-refractivity contribution in [3.8, 4) is 23.7 Å². The first-order chi connectivity index (χ1) is 15.9. The Bertz CT molecular complexity index is 1030. The number of methoxy groups -OCH3 is 1. The van der Waals surface area contributed by atoms with E-state index < -0.39 is 35.2 Å². The van der Waals surface area contributed by atoms with Gasteiger partial charge in [0.05, 0.1) is 12.6 Å². The summed E-state index contributed by atoms with van der Waals surface area (Å²) in [5.41, 5.74) is -0.837. The maximum Gasteiger partial charge on any atom is 0.408 e. The molecular formula is C27H34N2O5. The molecule has 1 saturated carbocycles. The van der Waals surface area contributed by atoms with Crippen LogP contribution in [0.4, 0.5) is 4.79 Å². The molecule has 2 amide bonds. The lowest BCUT2D eigenvalue weighted by Gasteiger charge is -2.34. The van der Waals surface area contributed by atoms with Crippen molar-refractivity contribution in [1.82, 2.24) is 10.6 Å². The third-order valence-electron chi connectivity index (χ3n) is 5.38. The summed E-state index contributed by atoms with van der Waals surface area (Å²) in [5, 5.41) is 5.28. The quantitative estimate of drug-likeness (QED) is 0.493. The van der Waals surface area contributed by atoms with E-state index in [9.17, 15) is 14.4 Å². The molecule has 0 saturated heterocycles. The number of nitrogens with one attached hydrogen (secondary N) is 2. The van der Waals surface area contributed by atoms with Crippen LogP contribution in [0.3, 0.4) is 0 Å². The van der Waals surface area contributed by atoms with Gasteiger partial charge in [-0.3, -0.25) is 4.79 Å². The number of carbonyl (C=O) groups is 3. The first-order valence-electron chi connectivity index (χ1n) is 11.4. The second kappa shape index (κ2) is 11.1. The predicted octanol–water partition coefficient (Wildman–Crippen LogP) is 3.66. The van der Waals surface area contributed by atoms with Crippen LogP contribution in [0.5, 0.6) is 0 Å². The van der Waals surface area contributed by atoms with E-state index >= 15 is 0 Å². The van der Waals surface area contributed by atoms with E-state index in [1.807, 2.05) is 0 Å². The van der Waals surface area contributed by atoms with Crippen molar-refractivity contribution in [1.29, 1.82) is 0 Å². The molecule has 0 aromatic heterocycles. The first kappa shape index (κ1) is 26.8. The van der Waals surface area contributed by atoms with Crippen molar-refractivity contribution in [2.45, 2.75) is 71.6 Å². The van der Waals surface area contributed by atoms with Crippen LogP contribution < -0.4 is 10.6 Å². The maximum atomic E-state index is 12.8.